The van der Waals surface area contributed by atoms with Crippen LogP contribution in [0.2, 0.25) is 0 Å². The van der Waals surface area contributed by atoms with E-state index in [4.69, 9.17) is 11.5 Å². The maximum absolute atomic E-state index is 5.67. The van der Waals surface area contributed by atoms with Crippen LogP contribution >= 0.6 is 0 Å². The number of aromatic nitrogens is 1. The maximum Gasteiger partial charge on any atom is 0.0542 e. The van der Waals surface area contributed by atoms with Crippen LogP contribution in [0.4, 0.5) is 0 Å². The molecule has 60 valence electrons. The number of pyridine rings is 1. The van der Waals surface area contributed by atoms with Crippen molar-refractivity contribution in [3.05, 3.63) is 29.6 Å². The SMILES string of the molecule is CC(N)c1ccnc(CN)c1. The van der Waals surface area contributed by atoms with Crippen LogP contribution in [0.25, 0.3) is 0 Å². The predicted molar refractivity (Wildman–Crippen MR) is 44.7 cm³/mol. The van der Waals surface area contributed by atoms with Gasteiger partial charge in [-0.25, -0.2) is 0 Å². The van der Waals surface area contributed by atoms with Crippen molar-refractivity contribution in [2.45, 2.75) is 19.5 Å². The third-order valence-electron chi connectivity index (χ3n) is 1.58. The first-order chi connectivity index (χ1) is 5.24. The monoisotopic (exact) mass is 151 g/mol. The normalized spacial score (nSPS) is 13.0. The van der Waals surface area contributed by atoms with Crippen LogP contribution in [0.1, 0.15) is 24.2 Å². The average molecular weight is 151 g/mol. The molecule has 0 fully saturated rings. The fraction of sp³-hybridized carbons (Fsp3) is 0.375. The van der Waals surface area contributed by atoms with Crippen LogP contribution in [0.3, 0.4) is 0 Å². The van der Waals surface area contributed by atoms with E-state index in [-0.39, 0.29) is 6.04 Å². The Morgan fingerprint density at radius 2 is 2.36 bits per heavy atom. The van der Waals surface area contributed by atoms with Gasteiger partial charge in [-0.3, -0.25) is 4.98 Å². The lowest BCUT2D eigenvalue weighted by molar-refractivity contribution is 0.808. The molecule has 1 rings (SSSR count). The molecular formula is C8H13N3. The molecule has 3 heteroatoms. The topological polar surface area (TPSA) is 64.9 Å². The van der Waals surface area contributed by atoms with Gasteiger partial charge in [0.05, 0.1) is 5.69 Å². The molecule has 0 saturated heterocycles. The van der Waals surface area contributed by atoms with Crippen molar-refractivity contribution >= 4 is 0 Å². The molecule has 0 spiro atoms. The van der Waals surface area contributed by atoms with Crippen molar-refractivity contribution in [3.8, 4) is 0 Å². The van der Waals surface area contributed by atoms with E-state index in [0.717, 1.165) is 11.3 Å². The minimum Gasteiger partial charge on any atom is -0.325 e. The summed E-state index contributed by atoms with van der Waals surface area (Å²) in [6.45, 7) is 2.41. The molecule has 1 unspecified atom stereocenters. The summed E-state index contributed by atoms with van der Waals surface area (Å²) in [5, 5.41) is 0. The highest BCUT2D eigenvalue weighted by atomic mass is 14.7. The molecular weight excluding hydrogens is 138 g/mol. The number of rotatable bonds is 2. The van der Waals surface area contributed by atoms with Crippen LogP contribution in [0, 0.1) is 0 Å². The second-order valence-electron chi connectivity index (χ2n) is 2.57. The Morgan fingerprint density at radius 3 is 2.91 bits per heavy atom. The molecule has 1 aromatic heterocycles. The third-order valence-corrected chi connectivity index (χ3v) is 1.58. The van der Waals surface area contributed by atoms with Crippen molar-refractivity contribution < 1.29 is 0 Å². The first kappa shape index (κ1) is 8.17. The summed E-state index contributed by atoms with van der Waals surface area (Å²) in [5.74, 6) is 0. The maximum atomic E-state index is 5.67. The van der Waals surface area contributed by atoms with Crippen molar-refractivity contribution in [1.29, 1.82) is 0 Å². The van der Waals surface area contributed by atoms with Gasteiger partial charge in [0, 0.05) is 18.8 Å². The van der Waals surface area contributed by atoms with Crippen LogP contribution < -0.4 is 11.5 Å². The summed E-state index contributed by atoms with van der Waals surface area (Å²) >= 11 is 0. The summed E-state index contributed by atoms with van der Waals surface area (Å²) < 4.78 is 0. The highest BCUT2D eigenvalue weighted by Crippen LogP contribution is 2.08. The standard InChI is InChI=1S/C8H13N3/c1-6(10)7-2-3-11-8(4-7)5-9/h2-4,6H,5,9-10H2,1H3. The fourth-order valence-electron chi connectivity index (χ4n) is 0.892. The van der Waals surface area contributed by atoms with Gasteiger partial charge in [-0.2, -0.15) is 0 Å². The van der Waals surface area contributed by atoms with E-state index < -0.39 is 0 Å². The third kappa shape index (κ3) is 2.00. The van der Waals surface area contributed by atoms with E-state index in [1.54, 1.807) is 6.20 Å². The summed E-state index contributed by atoms with van der Waals surface area (Å²) in [5.41, 5.74) is 13.1. The Hall–Kier alpha value is -0.930. The number of nitrogens with two attached hydrogens (primary N) is 2. The van der Waals surface area contributed by atoms with E-state index in [2.05, 4.69) is 4.98 Å². The van der Waals surface area contributed by atoms with Crippen molar-refractivity contribution in [3.63, 3.8) is 0 Å². The van der Waals surface area contributed by atoms with Crippen LogP contribution in [-0.2, 0) is 6.54 Å². The van der Waals surface area contributed by atoms with E-state index in [1.807, 2.05) is 19.1 Å². The first-order valence-corrected chi connectivity index (χ1v) is 3.64. The number of hydrogen-bond acceptors (Lipinski definition) is 3. The van der Waals surface area contributed by atoms with Crippen molar-refractivity contribution in [2.24, 2.45) is 11.5 Å². The van der Waals surface area contributed by atoms with E-state index in [1.165, 1.54) is 0 Å². The molecule has 1 aromatic rings. The van der Waals surface area contributed by atoms with E-state index in [0.29, 0.717) is 6.54 Å². The summed E-state index contributed by atoms with van der Waals surface area (Å²) in [4.78, 5) is 4.06. The molecule has 3 nitrogen and oxygen atoms in total. The molecule has 0 aliphatic rings. The highest BCUT2D eigenvalue weighted by Gasteiger charge is 1.99. The van der Waals surface area contributed by atoms with Gasteiger partial charge in [-0.05, 0) is 24.6 Å². The molecule has 0 radical (unpaired) electrons. The molecule has 0 saturated carbocycles. The lowest BCUT2D eigenvalue weighted by Crippen LogP contribution is -2.07. The number of nitrogens with zero attached hydrogens (tertiary/aromatic N) is 1. The smallest absolute Gasteiger partial charge is 0.0542 e. The van der Waals surface area contributed by atoms with Gasteiger partial charge >= 0.3 is 0 Å². The van der Waals surface area contributed by atoms with Crippen LogP contribution in [-0.4, -0.2) is 4.98 Å². The van der Waals surface area contributed by atoms with Crippen LogP contribution in [0.5, 0.6) is 0 Å². The molecule has 0 amide bonds. The van der Waals surface area contributed by atoms with Gasteiger partial charge in [0.2, 0.25) is 0 Å². The Labute approximate surface area is 66.4 Å². The zero-order valence-electron chi connectivity index (χ0n) is 6.62. The highest BCUT2D eigenvalue weighted by molar-refractivity contribution is 5.18. The van der Waals surface area contributed by atoms with Gasteiger partial charge in [-0.15, -0.1) is 0 Å². The van der Waals surface area contributed by atoms with Gasteiger partial charge in [0.1, 0.15) is 0 Å². The quantitative estimate of drug-likeness (QED) is 0.649. The number of hydrogen-bond donors (Lipinski definition) is 2. The lowest BCUT2D eigenvalue weighted by Gasteiger charge is -2.05. The first-order valence-electron chi connectivity index (χ1n) is 3.64. The predicted octanol–water partition coefficient (Wildman–Crippen LogP) is 0.560. The van der Waals surface area contributed by atoms with E-state index >= 15 is 0 Å². The second-order valence-corrected chi connectivity index (χ2v) is 2.57. The van der Waals surface area contributed by atoms with Gasteiger partial charge in [-0.1, -0.05) is 0 Å². The molecule has 0 aliphatic carbocycles. The van der Waals surface area contributed by atoms with Crippen molar-refractivity contribution in [2.75, 3.05) is 0 Å². The van der Waals surface area contributed by atoms with Gasteiger partial charge in [0.15, 0.2) is 0 Å². The summed E-state index contributed by atoms with van der Waals surface area (Å²) in [7, 11) is 0. The Kier molecular flexibility index (Phi) is 2.57. The lowest BCUT2D eigenvalue weighted by atomic mass is 10.1. The summed E-state index contributed by atoms with van der Waals surface area (Å²) in [6.07, 6.45) is 1.74. The zero-order valence-corrected chi connectivity index (χ0v) is 6.62. The largest absolute Gasteiger partial charge is 0.325 e. The van der Waals surface area contributed by atoms with E-state index in [9.17, 15) is 0 Å². The Morgan fingerprint density at radius 1 is 1.64 bits per heavy atom. The molecule has 4 N–H and O–H groups in total. The Bertz CT molecular complexity index is 233. The zero-order chi connectivity index (χ0) is 8.27. The Balaban J connectivity index is 2.91. The van der Waals surface area contributed by atoms with Gasteiger partial charge < -0.3 is 11.5 Å². The molecule has 0 aromatic carbocycles. The molecule has 0 bridgehead atoms. The molecule has 1 atom stereocenters. The minimum atomic E-state index is 0.0586. The molecule has 1 heterocycles. The fourth-order valence-corrected chi connectivity index (χ4v) is 0.892. The molecule has 0 aliphatic heterocycles. The summed E-state index contributed by atoms with van der Waals surface area (Å²) in [6, 6.07) is 3.90. The van der Waals surface area contributed by atoms with Gasteiger partial charge in [0.25, 0.3) is 0 Å². The van der Waals surface area contributed by atoms with Crippen LogP contribution in [0.15, 0.2) is 18.3 Å². The minimum absolute atomic E-state index is 0.0586. The average Bonchev–Trinajstić information content (AvgIpc) is 2.05. The van der Waals surface area contributed by atoms with Crippen molar-refractivity contribution in [1.82, 2.24) is 4.98 Å². The molecule has 11 heavy (non-hydrogen) atoms. The second kappa shape index (κ2) is 3.46.